The van der Waals surface area contributed by atoms with Crippen molar-refractivity contribution in [1.29, 1.82) is 0 Å². The molecule has 2 N–H and O–H groups in total. The lowest BCUT2D eigenvalue weighted by molar-refractivity contribution is 0.298. The second kappa shape index (κ2) is 5.51. The molecule has 0 aromatic heterocycles. The van der Waals surface area contributed by atoms with E-state index in [0.717, 1.165) is 28.3 Å². The normalized spacial score (nSPS) is 15.6. The molecule has 2 nitrogen and oxygen atoms in total. The number of halogens is 1. The number of hydrogen-bond acceptors (Lipinski definition) is 2. The van der Waals surface area contributed by atoms with Crippen LogP contribution in [-0.4, -0.2) is 13.2 Å². The Balaban J connectivity index is 2.07. The molecule has 1 aromatic carbocycles. The van der Waals surface area contributed by atoms with Crippen molar-refractivity contribution >= 4 is 22.0 Å². The highest BCUT2D eigenvalue weighted by Gasteiger charge is 2.22. The highest BCUT2D eigenvalue weighted by Crippen LogP contribution is 2.33. The Bertz CT molecular complexity index is 386. The number of benzene rings is 1. The standard InChI is InChI=1S/C13H16BrNO/c14-13-11(4-2-8-15)3-1-5-12(13)16-9-10-6-7-10/h1-5,10H,6-9,15H2/b4-2+. The van der Waals surface area contributed by atoms with Gasteiger partial charge < -0.3 is 10.5 Å². The predicted molar refractivity (Wildman–Crippen MR) is 70.4 cm³/mol. The molecule has 0 aliphatic heterocycles. The van der Waals surface area contributed by atoms with Gasteiger partial charge in [0.15, 0.2) is 0 Å². The second-order valence-corrected chi connectivity index (χ2v) is 4.84. The fraction of sp³-hybridized carbons (Fsp3) is 0.385. The fourth-order valence-corrected chi connectivity index (χ4v) is 1.97. The molecule has 0 atom stereocenters. The predicted octanol–water partition coefficient (Wildman–Crippen LogP) is 3.21. The van der Waals surface area contributed by atoms with Gasteiger partial charge in [-0.15, -0.1) is 0 Å². The van der Waals surface area contributed by atoms with Crippen LogP contribution in [-0.2, 0) is 0 Å². The molecule has 0 unspecified atom stereocenters. The number of ether oxygens (including phenoxy) is 1. The average molecular weight is 282 g/mol. The molecule has 1 fully saturated rings. The number of hydrogen-bond donors (Lipinski definition) is 1. The molecule has 1 aliphatic rings. The van der Waals surface area contributed by atoms with E-state index in [-0.39, 0.29) is 0 Å². The highest BCUT2D eigenvalue weighted by molar-refractivity contribution is 9.10. The number of rotatable bonds is 5. The van der Waals surface area contributed by atoms with Crippen molar-refractivity contribution in [3.05, 3.63) is 34.3 Å². The van der Waals surface area contributed by atoms with Crippen LogP contribution in [0.2, 0.25) is 0 Å². The number of nitrogens with two attached hydrogens (primary N) is 1. The van der Waals surface area contributed by atoms with E-state index in [1.54, 1.807) is 0 Å². The molecule has 2 rings (SSSR count). The summed E-state index contributed by atoms with van der Waals surface area (Å²) in [7, 11) is 0. The Labute approximate surface area is 105 Å². The van der Waals surface area contributed by atoms with E-state index in [0.29, 0.717) is 6.54 Å². The van der Waals surface area contributed by atoms with Gasteiger partial charge in [0.1, 0.15) is 5.75 Å². The van der Waals surface area contributed by atoms with Gasteiger partial charge >= 0.3 is 0 Å². The molecular weight excluding hydrogens is 266 g/mol. The van der Waals surface area contributed by atoms with E-state index in [4.69, 9.17) is 10.5 Å². The maximum atomic E-state index is 5.77. The first-order chi connectivity index (χ1) is 7.81. The first-order valence-corrected chi connectivity index (χ1v) is 6.38. The SMILES string of the molecule is NC/C=C/c1cccc(OCC2CC2)c1Br. The fourth-order valence-electron chi connectivity index (χ4n) is 1.46. The van der Waals surface area contributed by atoms with Crippen LogP contribution >= 0.6 is 15.9 Å². The molecule has 86 valence electrons. The summed E-state index contributed by atoms with van der Waals surface area (Å²) < 4.78 is 6.78. The largest absolute Gasteiger partial charge is 0.492 e. The zero-order valence-electron chi connectivity index (χ0n) is 9.16. The Morgan fingerprint density at radius 3 is 2.94 bits per heavy atom. The third-order valence-corrected chi connectivity index (χ3v) is 3.45. The molecule has 0 saturated heterocycles. The van der Waals surface area contributed by atoms with Crippen molar-refractivity contribution in [3.8, 4) is 5.75 Å². The van der Waals surface area contributed by atoms with E-state index in [1.165, 1.54) is 12.8 Å². The van der Waals surface area contributed by atoms with Gasteiger partial charge in [-0.05, 0) is 46.3 Å². The lowest BCUT2D eigenvalue weighted by Crippen LogP contribution is -2.00. The molecule has 0 heterocycles. The lowest BCUT2D eigenvalue weighted by Gasteiger charge is -2.09. The minimum atomic E-state index is 0.555. The van der Waals surface area contributed by atoms with Gasteiger partial charge in [-0.25, -0.2) is 0 Å². The second-order valence-electron chi connectivity index (χ2n) is 4.05. The Kier molecular flexibility index (Phi) is 4.02. The van der Waals surface area contributed by atoms with Crippen LogP contribution in [0.3, 0.4) is 0 Å². The summed E-state index contributed by atoms with van der Waals surface area (Å²) in [5.41, 5.74) is 6.55. The molecule has 1 aliphatic carbocycles. The quantitative estimate of drug-likeness (QED) is 0.900. The third kappa shape index (κ3) is 3.09. The zero-order chi connectivity index (χ0) is 11.4. The van der Waals surface area contributed by atoms with Crippen LogP contribution in [0.25, 0.3) is 6.08 Å². The van der Waals surface area contributed by atoms with Crippen LogP contribution in [0, 0.1) is 5.92 Å². The first-order valence-electron chi connectivity index (χ1n) is 5.59. The van der Waals surface area contributed by atoms with Gasteiger partial charge in [0.2, 0.25) is 0 Å². The molecule has 16 heavy (non-hydrogen) atoms. The molecule has 0 amide bonds. The summed E-state index contributed by atoms with van der Waals surface area (Å²) in [5.74, 6) is 1.70. The maximum Gasteiger partial charge on any atom is 0.134 e. The first kappa shape index (κ1) is 11.7. The minimum Gasteiger partial charge on any atom is -0.492 e. The smallest absolute Gasteiger partial charge is 0.134 e. The van der Waals surface area contributed by atoms with Crippen LogP contribution in [0.1, 0.15) is 18.4 Å². The summed E-state index contributed by atoms with van der Waals surface area (Å²) in [6, 6.07) is 6.04. The van der Waals surface area contributed by atoms with Crippen LogP contribution in [0.15, 0.2) is 28.7 Å². The average Bonchev–Trinajstić information content (AvgIpc) is 3.10. The van der Waals surface area contributed by atoms with E-state index in [1.807, 2.05) is 30.4 Å². The summed E-state index contributed by atoms with van der Waals surface area (Å²) in [6.07, 6.45) is 6.56. The van der Waals surface area contributed by atoms with Gasteiger partial charge in [0.05, 0.1) is 11.1 Å². The van der Waals surface area contributed by atoms with Gasteiger partial charge in [-0.3, -0.25) is 0 Å². The van der Waals surface area contributed by atoms with E-state index in [2.05, 4.69) is 15.9 Å². The summed E-state index contributed by atoms with van der Waals surface area (Å²) in [6.45, 7) is 1.39. The monoisotopic (exact) mass is 281 g/mol. The topological polar surface area (TPSA) is 35.2 Å². The van der Waals surface area contributed by atoms with Gasteiger partial charge in [0, 0.05) is 6.54 Å². The Morgan fingerprint density at radius 2 is 2.25 bits per heavy atom. The third-order valence-electron chi connectivity index (χ3n) is 2.60. The zero-order valence-corrected chi connectivity index (χ0v) is 10.7. The molecule has 0 spiro atoms. The summed E-state index contributed by atoms with van der Waals surface area (Å²) >= 11 is 3.56. The van der Waals surface area contributed by atoms with Crippen molar-refractivity contribution in [2.75, 3.05) is 13.2 Å². The van der Waals surface area contributed by atoms with E-state index >= 15 is 0 Å². The van der Waals surface area contributed by atoms with Crippen LogP contribution in [0.4, 0.5) is 0 Å². The Hall–Kier alpha value is -0.800. The van der Waals surface area contributed by atoms with Crippen molar-refractivity contribution < 1.29 is 4.74 Å². The van der Waals surface area contributed by atoms with Crippen molar-refractivity contribution in [1.82, 2.24) is 0 Å². The van der Waals surface area contributed by atoms with E-state index in [9.17, 15) is 0 Å². The van der Waals surface area contributed by atoms with Gasteiger partial charge in [0.25, 0.3) is 0 Å². The maximum absolute atomic E-state index is 5.77. The van der Waals surface area contributed by atoms with Crippen molar-refractivity contribution in [2.24, 2.45) is 11.7 Å². The molecule has 1 saturated carbocycles. The van der Waals surface area contributed by atoms with Crippen LogP contribution < -0.4 is 10.5 Å². The molecular formula is C13H16BrNO. The minimum absolute atomic E-state index is 0.555. The molecule has 3 heteroatoms. The lowest BCUT2D eigenvalue weighted by atomic mass is 10.2. The van der Waals surface area contributed by atoms with Crippen LogP contribution in [0.5, 0.6) is 5.75 Å². The van der Waals surface area contributed by atoms with Crippen molar-refractivity contribution in [2.45, 2.75) is 12.8 Å². The molecule has 0 bridgehead atoms. The highest BCUT2D eigenvalue weighted by atomic mass is 79.9. The molecule has 0 radical (unpaired) electrons. The van der Waals surface area contributed by atoms with Gasteiger partial charge in [-0.1, -0.05) is 24.3 Å². The van der Waals surface area contributed by atoms with E-state index < -0.39 is 0 Å². The summed E-state index contributed by atoms with van der Waals surface area (Å²) in [4.78, 5) is 0. The molecule has 1 aromatic rings. The summed E-state index contributed by atoms with van der Waals surface area (Å²) in [5, 5.41) is 0. The Morgan fingerprint density at radius 1 is 1.44 bits per heavy atom. The van der Waals surface area contributed by atoms with Gasteiger partial charge in [-0.2, -0.15) is 0 Å². The van der Waals surface area contributed by atoms with Crippen molar-refractivity contribution in [3.63, 3.8) is 0 Å².